The summed E-state index contributed by atoms with van der Waals surface area (Å²) < 4.78 is 0. The minimum atomic E-state index is 0.140. The number of likely N-dealkylation sites (N-methyl/N-ethyl adjacent to an activating group) is 1. The van der Waals surface area contributed by atoms with Crippen molar-refractivity contribution in [3.8, 4) is 0 Å². The second kappa shape index (κ2) is 9.14. The van der Waals surface area contributed by atoms with Crippen molar-refractivity contribution in [2.45, 2.75) is 77.2 Å². The van der Waals surface area contributed by atoms with E-state index in [1.165, 1.54) is 71.3 Å². The first-order valence-electron chi connectivity index (χ1n) is 13.9. The minimum Gasteiger partial charge on any atom is -0.374 e. The number of nitrogens with zero attached hydrogens (tertiary/aromatic N) is 2. The van der Waals surface area contributed by atoms with Crippen molar-refractivity contribution >= 4 is 16.8 Å². The first kappa shape index (κ1) is 23.4. The number of hydrogen-bond donors (Lipinski definition) is 0. The van der Waals surface area contributed by atoms with Crippen molar-refractivity contribution < 1.29 is 0 Å². The van der Waals surface area contributed by atoms with Gasteiger partial charge in [-0.25, -0.2) is 0 Å². The van der Waals surface area contributed by atoms with Crippen LogP contribution >= 0.6 is 0 Å². The van der Waals surface area contributed by atoms with Crippen LogP contribution in [0.15, 0.2) is 83.7 Å². The van der Waals surface area contributed by atoms with E-state index >= 15 is 0 Å². The molecule has 2 aliphatic heterocycles. The number of rotatable bonds is 3. The number of para-hydroxylation sites is 1. The quantitative estimate of drug-likeness (QED) is 0.438. The molecule has 2 heteroatoms. The third-order valence-corrected chi connectivity index (χ3v) is 9.19. The predicted octanol–water partition coefficient (Wildman–Crippen LogP) is 8.48. The van der Waals surface area contributed by atoms with Gasteiger partial charge in [0.05, 0.1) is 0 Å². The van der Waals surface area contributed by atoms with Crippen LogP contribution in [0.1, 0.15) is 82.4 Å². The lowest BCUT2D eigenvalue weighted by molar-refractivity contribution is 0.467. The molecule has 1 atom stereocenters. The summed E-state index contributed by atoms with van der Waals surface area (Å²) in [7, 11) is 2.17. The van der Waals surface area contributed by atoms with E-state index in [4.69, 9.17) is 0 Å². The molecule has 186 valence electrons. The third kappa shape index (κ3) is 3.95. The molecule has 0 saturated heterocycles. The molecule has 2 aromatic rings. The van der Waals surface area contributed by atoms with Gasteiger partial charge >= 0.3 is 0 Å². The van der Waals surface area contributed by atoms with E-state index in [1.807, 2.05) is 0 Å². The molecule has 0 saturated carbocycles. The summed E-state index contributed by atoms with van der Waals surface area (Å²) in [4.78, 5) is 5.11. The number of benzene rings is 2. The Hall–Kier alpha value is -3.00. The maximum atomic E-state index is 2.79. The van der Waals surface area contributed by atoms with Crippen LogP contribution in [0.3, 0.4) is 0 Å². The van der Waals surface area contributed by atoms with E-state index in [9.17, 15) is 0 Å². The molecule has 2 aromatic carbocycles. The average molecular weight is 477 g/mol. The summed E-state index contributed by atoms with van der Waals surface area (Å²) in [5.74, 6) is 0. The highest BCUT2D eigenvalue weighted by Crippen LogP contribution is 2.51. The SMILES string of the molecule is CC1=CC=C(c2ccc(C3=CCCC(N4C5=C(CCCC5)C(C)(C)c5ccccc54)C3)cc2)CN1C. The van der Waals surface area contributed by atoms with Gasteiger partial charge in [0.25, 0.3) is 0 Å². The standard InChI is InChI=1S/C34H40N2/c1-24-16-17-28(23-35(24)4)26-20-18-25(19-21-26)27-10-9-11-29(22-27)36-32-14-7-5-12-30(32)34(2,3)31-13-6-8-15-33(31)36/h5,7,10,12,14,16-21,29H,6,8-9,11,13,15,22-23H2,1-4H3. The highest BCUT2D eigenvalue weighted by atomic mass is 15.2. The van der Waals surface area contributed by atoms with Crippen LogP contribution in [0, 0.1) is 0 Å². The van der Waals surface area contributed by atoms with E-state index in [0.29, 0.717) is 6.04 Å². The van der Waals surface area contributed by atoms with Gasteiger partial charge in [-0.05, 0) is 97.4 Å². The monoisotopic (exact) mass is 476 g/mol. The van der Waals surface area contributed by atoms with Crippen LogP contribution in [-0.2, 0) is 5.41 Å². The molecule has 2 heterocycles. The van der Waals surface area contributed by atoms with E-state index in [0.717, 1.165) is 19.4 Å². The third-order valence-electron chi connectivity index (χ3n) is 9.19. The number of allylic oxidation sites excluding steroid dienone is 6. The van der Waals surface area contributed by atoms with Gasteiger partial charge in [-0.15, -0.1) is 0 Å². The molecule has 0 amide bonds. The number of hydrogen-bond acceptors (Lipinski definition) is 2. The van der Waals surface area contributed by atoms with Crippen LogP contribution in [0.4, 0.5) is 5.69 Å². The lowest BCUT2D eigenvalue weighted by Crippen LogP contribution is -2.44. The summed E-state index contributed by atoms with van der Waals surface area (Å²) in [6.07, 6.45) is 15.7. The van der Waals surface area contributed by atoms with Crippen molar-refractivity contribution in [2.24, 2.45) is 0 Å². The first-order valence-corrected chi connectivity index (χ1v) is 13.9. The smallest absolute Gasteiger partial charge is 0.0452 e. The fourth-order valence-corrected chi connectivity index (χ4v) is 6.98. The van der Waals surface area contributed by atoms with Crippen LogP contribution in [0.5, 0.6) is 0 Å². The molecule has 6 rings (SSSR count). The van der Waals surface area contributed by atoms with Crippen LogP contribution in [0.25, 0.3) is 11.1 Å². The topological polar surface area (TPSA) is 6.48 Å². The van der Waals surface area contributed by atoms with Gasteiger partial charge in [0.2, 0.25) is 0 Å². The second-order valence-corrected chi connectivity index (χ2v) is 11.7. The van der Waals surface area contributed by atoms with Gasteiger partial charge in [0.15, 0.2) is 0 Å². The minimum absolute atomic E-state index is 0.140. The zero-order chi connectivity index (χ0) is 24.9. The van der Waals surface area contributed by atoms with Gasteiger partial charge in [0.1, 0.15) is 0 Å². The van der Waals surface area contributed by atoms with Gasteiger partial charge in [-0.3, -0.25) is 0 Å². The van der Waals surface area contributed by atoms with Gasteiger partial charge in [0, 0.05) is 42.1 Å². The molecule has 1 unspecified atom stereocenters. The maximum Gasteiger partial charge on any atom is 0.0452 e. The van der Waals surface area contributed by atoms with Gasteiger partial charge < -0.3 is 9.80 Å². The summed E-state index contributed by atoms with van der Waals surface area (Å²) in [6, 6.07) is 19.1. The van der Waals surface area contributed by atoms with Crippen molar-refractivity contribution in [3.05, 3.63) is 100 Å². The Bertz CT molecular complexity index is 1280. The number of fused-ring (bicyclic) bond motifs is 1. The molecule has 36 heavy (non-hydrogen) atoms. The molecule has 0 radical (unpaired) electrons. The normalized spacial score (nSPS) is 23.4. The molecule has 0 N–H and O–H groups in total. The Balaban J connectivity index is 1.29. The summed E-state index contributed by atoms with van der Waals surface area (Å²) in [6.45, 7) is 8.06. The number of anilines is 1. The zero-order valence-corrected chi connectivity index (χ0v) is 22.5. The largest absolute Gasteiger partial charge is 0.374 e. The van der Waals surface area contributed by atoms with E-state index < -0.39 is 0 Å². The Morgan fingerprint density at radius 2 is 1.58 bits per heavy atom. The highest BCUT2D eigenvalue weighted by molar-refractivity contribution is 5.75. The van der Waals surface area contributed by atoms with Crippen molar-refractivity contribution in [3.63, 3.8) is 0 Å². The van der Waals surface area contributed by atoms with Crippen LogP contribution in [-0.4, -0.2) is 24.5 Å². The Kier molecular flexibility index (Phi) is 5.94. The Labute approximate surface area is 217 Å². The summed E-state index contributed by atoms with van der Waals surface area (Å²) in [5.41, 5.74) is 13.4. The molecular formula is C34H40N2. The zero-order valence-electron chi connectivity index (χ0n) is 22.5. The van der Waals surface area contributed by atoms with Gasteiger partial charge in [-0.2, -0.15) is 0 Å². The van der Waals surface area contributed by atoms with Crippen molar-refractivity contribution in [2.75, 3.05) is 18.5 Å². The molecule has 0 fully saturated rings. The van der Waals surface area contributed by atoms with E-state index in [2.05, 4.69) is 104 Å². The average Bonchev–Trinajstić information content (AvgIpc) is 2.91. The second-order valence-electron chi connectivity index (χ2n) is 11.7. The Morgan fingerprint density at radius 3 is 2.36 bits per heavy atom. The first-order chi connectivity index (χ1) is 17.4. The van der Waals surface area contributed by atoms with Gasteiger partial charge in [-0.1, -0.05) is 68.5 Å². The lowest BCUT2D eigenvalue weighted by atomic mass is 9.69. The highest BCUT2D eigenvalue weighted by Gasteiger charge is 2.41. The molecule has 4 aliphatic rings. The van der Waals surface area contributed by atoms with Crippen molar-refractivity contribution in [1.82, 2.24) is 4.90 Å². The molecule has 0 spiro atoms. The fourth-order valence-electron chi connectivity index (χ4n) is 6.98. The molecule has 2 aliphatic carbocycles. The van der Waals surface area contributed by atoms with Crippen LogP contribution < -0.4 is 4.90 Å². The molecule has 0 aromatic heterocycles. The van der Waals surface area contributed by atoms with Crippen molar-refractivity contribution in [1.29, 1.82) is 0 Å². The Morgan fingerprint density at radius 1 is 0.861 bits per heavy atom. The van der Waals surface area contributed by atoms with E-state index in [-0.39, 0.29) is 5.41 Å². The predicted molar refractivity (Wildman–Crippen MR) is 154 cm³/mol. The summed E-state index contributed by atoms with van der Waals surface area (Å²) >= 11 is 0. The maximum absolute atomic E-state index is 2.79. The van der Waals surface area contributed by atoms with E-state index in [1.54, 1.807) is 11.3 Å². The summed E-state index contributed by atoms with van der Waals surface area (Å²) in [5, 5.41) is 0. The molecular weight excluding hydrogens is 436 g/mol. The lowest BCUT2D eigenvalue weighted by Gasteiger charge is -2.49. The molecule has 2 nitrogen and oxygen atoms in total. The fraction of sp³-hybridized carbons (Fsp3) is 0.412. The van der Waals surface area contributed by atoms with Crippen LogP contribution in [0.2, 0.25) is 0 Å². The molecule has 0 bridgehead atoms.